The molecule has 0 aliphatic heterocycles. The van der Waals surface area contributed by atoms with Crippen molar-refractivity contribution in [3.63, 3.8) is 0 Å². The number of aromatic nitrogens is 6. The summed E-state index contributed by atoms with van der Waals surface area (Å²) in [4.78, 5) is 20.6. The van der Waals surface area contributed by atoms with Gasteiger partial charge in [0.05, 0.1) is 0 Å². The Morgan fingerprint density at radius 1 is 1.35 bits per heavy atom. The van der Waals surface area contributed by atoms with E-state index in [1.165, 1.54) is 17.3 Å². The van der Waals surface area contributed by atoms with Crippen LogP contribution < -0.4 is 0 Å². The SMILES string of the molecule is CC(C)c1nc(CC(C)(C)C)nn1C(=O)n1cncn1. The molecule has 0 aromatic carbocycles. The van der Waals surface area contributed by atoms with Crippen molar-refractivity contribution in [3.05, 3.63) is 24.3 Å². The zero-order valence-electron chi connectivity index (χ0n) is 12.5. The van der Waals surface area contributed by atoms with Gasteiger partial charge >= 0.3 is 6.03 Å². The van der Waals surface area contributed by atoms with Crippen LogP contribution >= 0.6 is 0 Å². The van der Waals surface area contributed by atoms with Crippen LogP contribution in [0.5, 0.6) is 0 Å². The zero-order valence-corrected chi connectivity index (χ0v) is 12.5. The number of carbonyl (C=O) groups is 1. The van der Waals surface area contributed by atoms with Crippen LogP contribution in [0.4, 0.5) is 4.79 Å². The lowest BCUT2D eigenvalue weighted by Gasteiger charge is -2.14. The first kappa shape index (κ1) is 14.4. The first-order chi connectivity index (χ1) is 9.28. The third-order valence-electron chi connectivity index (χ3n) is 2.68. The number of carbonyl (C=O) groups excluding carboxylic acids is 1. The minimum Gasteiger partial charge on any atom is -0.243 e. The van der Waals surface area contributed by atoms with E-state index < -0.39 is 0 Å². The Morgan fingerprint density at radius 2 is 2.05 bits per heavy atom. The summed E-state index contributed by atoms with van der Waals surface area (Å²) in [7, 11) is 0. The molecule has 2 aromatic heterocycles. The van der Waals surface area contributed by atoms with Gasteiger partial charge < -0.3 is 0 Å². The molecular formula is C13H20N6O. The normalized spacial score (nSPS) is 12.1. The largest absolute Gasteiger partial charge is 0.372 e. The number of hydrogen-bond acceptors (Lipinski definition) is 5. The fraction of sp³-hybridized carbons (Fsp3) is 0.615. The first-order valence-electron chi connectivity index (χ1n) is 6.63. The van der Waals surface area contributed by atoms with Crippen LogP contribution in [0.1, 0.15) is 52.2 Å². The highest BCUT2D eigenvalue weighted by Crippen LogP contribution is 2.20. The summed E-state index contributed by atoms with van der Waals surface area (Å²) >= 11 is 0. The third kappa shape index (κ3) is 3.09. The molecule has 0 bridgehead atoms. The fourth-order valence-electron chi connectivity index (χ4n) is 1.84. The molecule has 2 rings (SSSR count). The van der Waals surface area contributed by atoms with Gasteiger partial charge in [-0.2, -0.15) is 14.5 Å². The molecule has 0 amide bonds. The van der Waals surface area contributed by atoms with E-state index in [9.17, 15) is 4.79 Å². The van der Waals surface area contributed by atoms with Gasteiger partial charge in [-0.3, -0.25) is 0 Å². The summed E-state index contributed by atoms with van der Waals surface area (Å²) < 4.78 is 2.47. The van der Waals surface area contributed by atoms with Crippen molar-refractivity contribution in [1.29, 1.82) is 0 Å². The van der Waals surface area contributed by atoms with Crippen molar-refractivity contribution in [1.82, 2.24) is 29.5 Å². The van der Waals surface area contributed by atoms with Crippen molar-refractivity contribution < 1.29 is 4.79 Å². The standard InChI is InChI=1S/C13H20N6O/c1-9(2)11-16-10(6-13(3,4)5)17-19(11)12(20)18-8-14-7-15-18/h7-9H,6H2,1-5H3. The Labute approximate surface area is 118 Å². The van der Waals surface area contributed by atoms with Crippen LogP contribution in [0, 0.1) is 5.41 Å². The summed E-state index contributed by atoms with van der Waals surface area (Å²) in [6, 6.07) is -0.362. The van der Waals surface area contributed by atoms with Crippen LogP contribution in [0.2, 0.25) is 0 Å². The zero-order chi connectivity index (χ0) is 14.9. The molecule has 0 saturated heterocycles. The molecule has 0 unspecified atom stereocenters. The Bertz CT molecular complexity index is 591. The summed E-state index contributed by atoms with van der Waals surface area (Å²) in [6.07, 6.45) is 3.39. The average molecular weight is 276 g/mol. The van der Waals surface area contributed by atoms with Gasteiger partial charge in [-0.15, -0.1) is 5.10 Å². The monoisotopic (exact) mass is 276 g/mol. The minimum absolute atomic E-state index is 0.0662. The lowest BCUT2D eigenvalue weighted by molar-refractivity contribution is 0.236. The van der Waals surface area contributed by atoms with Gasteiger partial charge in [0.2, 0.25) is 0 Å². The molecule has 0 N–H and O–H groups in total. The molecule has 0 fully saturated rings. The molecule has 0 atom stereocenters. The van der Waals surface area contributed by atoms with E-state index in [1.54, 1.807) is 0 Å². The summed E-state index contributed by atoms with van der Waals surface area (Å²) in [5.41, 5.74) is 0.0662. The van der Waals surface area contributed by atoms with Crippen molar-refractivity contribution >= 4 is 6.03 Å². The van der Waals surface area contributed by atoms with E-state index in [4.69, 9.17) is 0 Å². The molecule has 20 heavy (non-hydrogen) atoms. The minimum atomic E-state index is -0.362. The predicted octanol–water partition coefficient (Wildman–Crippen LogP) is 2.10. The van der Waals surface area contributed by atoms with E-state index in [0.29, 0.717) is 18.1 Å². The third-order valence-corrected chi connectivity index (χ3v) is 2.68. The molecule has 0 aliphatic carbocycles. The van der Waals surface area contributed by atoms with E-state index in [0.717, 1.165) is 4.68 Å². The first-order valence-corrected chi connectivity index (χ1v) is 6.63. The molecule has 7 nitrogen and oxygen atoms in total. The lowest BCUT2D eigenvalue weighted by atomic mass is 9.92. The van der Waals surface area contributed by atoms with Gasteiger partial charge in [0.15, 0.2) is 5.82 Å². The Morgan fingerprint density at radius 3 is 2.55 bits per heavy atom. The molecular weight excluding hydrogens is 256 g/mol. The maximum atomic E-state index is 12.3. The number of hydrogen-bond donors (Lipinski definition) is 0. The molecule has 2 aromatic rings. The maximum Gasteiger partial charge on any atom is 0.372 e. The maximum absolute atomic E-state index is 12.3. The highest BCUT2D eigenvalue weighted by molar-refractivity contribution is 5.77. The Hall–Kier alpha value is -2.05. The van der Waals surface area contributed by atoms with E-state index in [1.807, 2.05) is 13.8 Å². The van der Waals surface area contributed by atoms with E-state index in [-0.39, 0.29) is 17.4 Å². The van der Waals surface area contributed by atoms with Gasteiger partial charge in [0.25, 0.3) is 0 Å². The predicted molar refractivity (Wildman–Crippen MR) is 73.5 cm³/mol. The van der Waals surface area contributed by atoms with Crippen LogP contribution in [-0.4, -0.2) is 35.6 Å². The van der Waals surface area contributed by atoms with Crippen LogP contribution in [0.15, 0.2) is 12.7 Å². The lowest BCUT2D eigenvalue weighted by Crippen LogP contribution is -2.24. The molecule has 0 saturated carbocycles. The van der Waals surface area contributed by atoms with Gasteiger partial charge in [0, 0.05) is 12.3 Å². The van der Waals surface area contributed by atoms with Crippen molar-refractivity contribution in [2.45, 2.75) is 47.0 Å². The number of nitrogens with zero attached hydrogens (tertiary/aromatic N) is 6. The van der Waals surface area contributed by atoms with Crippen LogP contribution in [-0.2, 0) is 6.42 Å². The highest BCUT2D eigenvalue weighted by atomic mass is 16.2. The number of rotatable bonds is 2. The van der Waals surface area contributed by atoms with Gasteiger partial charge in [-0.1, -0.05) is 34.6 Å². The second kappa shape index (κ2) is 5.15. The van der Waals surface area contributed by atoms with Gasteiger partial charge in [-0.25, -0.2) is 14.8 Å². The Balaban J connectivity index is 2.39. The highest BCUT2D eigenvalue weighted by Gasteiger charge is 2.22. The van der Waals surface area contributed by atoms with Crippen LogP contribution in [0.3, 0.4) is 0 Å². The Kier molecular flexibility index (Phi) is 3.69. The van der Waals surface area contributed by atoms with Crippen molar-refractivity contribution in [3.8, 4) is 0 Å². The molecule has 7 heteroatoms. The summed E-state index contributed by atoms with van der Waals surface area (Å²) in [5.74, 6) is 1.42. The van der Waals surface area contributed by atoms with Gasteiger partial charge in [-0.05, 0) is 5.41 Å². The molecule has 0 radical (unpaired) electrons. The summed E-state index contributed by atoms with van der Waals surface area (Å²) in [6.45, 7) is 10.3. The molecule has 0 aliphatic rings. The topological polar surface area (TPSA) is 78.5 Å². The quantitative estimate of drug-likeness (QED) is 0.839. The van der Waals surface area contributed by atoms with E-state index >= 15 is 0 Å². The average Bonchev–Trinajstić information content (AvgIpc) is 2.93. The molecule has 2 heterocycles. The second-order valence-corrected chi connectivity index (χ2v) is 6.31. The second-order valence-electron chi connectivity index (χ2n) is 6.31. The van der Waals surface area contributed by atoms with Crippen molar-refractivity contribution in [2.75, 3.05) is 0 Å². The molecule has 108 valence electrons. The van der Waals surface area contributed by atoms with Gasteiger partial charge in [0.1, 0.15) is 18.5 Å². The van der Waals surface area contributed by atoms with Crippen LogP contribution in [0.25, 0.3) is 0 Å². The van der Waals surface area contributed by atoms with Crippen molar-refractivity contribution in [2.24, 2.45) is 5.41 Å². The fourth-order valence-corrected chi connectivity index (χ4v) is 1.84. The summed E-state index contributed by atoms with van der Waals surface area (Å²) in [5, 5.41) is 8.18. The smallest absolute Gasteiger partial charge is 0.243 e. The van der Waals surface area contributed by atoms with E-state index in [2.05, 4.69) is 40.9 Å². The molecule has 0 spiro atoms.